The summed E-state index contributed by atoms with van der Waals surface area (Å²) < 4.78 is 9.48. The number of likely N-dealkylation sites (N-methyl/N-ethyl adjacent to an activating group) is 1. The van der Waals surface area contributed by atoms with E-state index in [2.05, 4.69) is 10.1 Å². The van der Waals surface area contributed by atoms with Crippen LogP contribution in [0.1, 0.15) is 5.56 Å². The molecule has 0 radical (unpaired) electrons. The van der Waals surface area contributed by atoms with Crippen molar-refractivity contribution in [2.75, 3.05) is 27.3 Å². The lowest BCUT2D eigenvalue weighted by Gasteiger charge is -2.19. The normalized spacial score (nSPS) is 11.3. The van der Waals surface area contributed by atoms with Crippen molar-refractivity contribution < 1.29 is 29.0 Å². The van der Waals surface area contributed by atoms with Gasteiger partial charge in [0.05, 0.1) is 13.7 Å². The first-order valence-electron chi connectivity index (χ1n) is 6.87. The van der Waals surface area contributed by atoms with E-state index in [1.165, 1.54) is 7.05 Å². The van der Waals surface area contributed by atoms with Gasteiger partial charge in [0, 0.05) is 7.05 Å². The Bertz CT molecular complexity index is 534. The Labute approximate surface area is 134 Å². The molecule has 0 unspecified atom stereocenters. The third-order valence-electron chi connectivity index (χ3n) is 2.90. The summed E-state index contributed by atoms with van der Waals surface area (Å²) in [5.41, 5.74) is 0.824. The molecule has 126 valence electrons. The number of carbonyl (C=O) groups excluding carboxylic acids is 3. The molecule has 1 rings (SSSR count). The maximum atomic E-state index is 11.8. The highest BCUT2D eigenvalue weighted by Crippen LogP contribution is 2.02. The van der Waals surface area contributed by atoms with Crippen LogP contribution in [0, 0.1) is 0 Å². The number of methoxy groups -OCH3 is 1. The molecule has 0 saturated heterocycles. The first-order valence-corrected chi connectivity index (χ1v) is 6.87. The van der Waals surface area contributed by atoms with Crippen LogP contribution in [-0.4, -0.2) is 61.3 Å². The van der Waals surface area contributed by atoms with Crippen molar-refractivity contribution in [1.82, 2.24) is 10.2 Å². The number of hydrogen-bond donors (Lipinski definition) is 2. The van der Waals surface area contributed by atoms with Crippen LogP contribution in [0.2, 0.25) is 0 Å². The predicted octanol–water partition coefficient (Wildman–Crippen LogP) is -0.0949. The van der Waals surface area contributed by atoms with E-state index in [9.17, 15) is 14.4 Å². The molecule has 0 spiro atoms. The molecule has 0 aromatic heterocycles. The third kappa shape index (κ3) is 6.35. The van der Waals surface area contributed by atoms with Gasteiger partial charge in [0.1, 0.15) is 13.2 Å². The number of nitrogens with zero attached hydrogens (tertiary/aromatic N) is 1. The van der Waals surface area contributed by atoms with Crippen molar-refractivity contribution in [3.63, 3.8) is 0 Å². The molecule has 2 amide bonds. The lowest BCUT2D eigenvalue weighted by Crippen LogP contribution is -2.48. The van der Waals surface area contributed by atoms with Gasteiger partial charge in [0.15, 0.2) is 6.04 Å². The van der Waals surface area contributed by atoms with Gasteiger partial charge in [0.25, 0.3) is 0 Å². The molecule has 2 N–H and O–H groups in total. The van der Waals surface area contributed by atoms with Gasteiger partial charge in [0.2, 0.25) is 5.91 Å². The average Bonchev–Trinajstić information content (AvgIpc) is 2.57. The van der Waals surface area contributed by atoms with Gasteiger partial charge in [-0.15, -0.1) is 0 Å². The summed E-state index contributed by atoms with van der Waals surface area (Å²) in [4.78, 5) is 35.8. The SMILES string of the molecule is COC(=O)[C@H](CO)NC(=O)CN(C)C(=O)OCc1ccccc1. The maximum absolute atomic E-state index is 11.8. The molecule has 1 atom stereocenters. The Kier molecular flexibility index (Phi) is 7.55. The second-order valence-electron chi connectivity index (χ2n) is 4.72. The number of amides is 2. The minimum atomic E-state index is -1.17. The lowest BCUT2D eigenvalue weighted by molar-refractivity contribution is -0.146. The number of aliphatic hydroxyl groups excluding tert-OH is 1. The molecule has 0 heterocycles. The summed E-state index contributed by atoms with van der Waals surface area (Å²) in [5, 5.41) is 11.3. The zero-order chi connectivity index (χ0) is 17.2. The summed E-state index contributed by atoms with van der Waals surface area (Å²) in [7, 11) is 2.53. The van der Waals surface area contributed by atoms with E-state index >= 15 is 0 Å². The number of esters is 1. The molecule has 0 aliphatic carbocycles. The van der Waals surface area contributed by atoms with Crippen LogP contribution in [0.5, 0.6) is 0 Å². The quantitative estimate of drug-likeness (QED) is 0.679. The van der Waals surface area contributed by atoms with Gasteiger partial charge in [-0.1, -0.05) is 30.3 Å². The van der Waals surface area contributed by atoms with Crippen molar-refractivity contribution in [3.8, 4) is 0 Å². The fourth-order valence-corrected chi connectivity index (χ4v) is 1.67. The van der Waals surface area contributed by atoms with Gasteiger partial charge >= 0.3 is 12.1 Å². The number of carbonyl (C=O) groups is 3. The second kappa shape index (κ2) is 9.42. The predicted molar refractivity (Wildman–Crippen MR) is 80.3 cm³/mol. The highest BCUT2D eigenvalue weighted by Gasteiger charge is 2.22. The zero-order valence-electron chi connectivity index (χ0n) is 13.0. The van der Waals surface area contributed by atoms with Gasteiger partial charge in [-0.2, -0.15) is 0 Å². The van der Waals surface area contributed by atoms with E-state index in [4.69, 9.17) is 9.84 Å². The molecule has 0 fully saturated rings. The molecule has 0 saturated carbocycles. The van der Waals surface area contributed by atoms with Crippen molar-refractivity contribution in [2.24, 2.45) is 0 Å². The van der Waals surface area contributed by atoms with E-state index in [1.54, 1.807) is 0 Å². The first kappa shape index (κ1) is 18.4. The molecule has 0 bridgehead atoms. The number of benzene rings is 1. The molecule has 8 nitrogen and oxygen atoms in total. The topological polar surface area (TPSA) is 105 Å². The minimum Gasteiger partial charge on any atom is -0.467 e. The van der Waals surface area contributed by atoms with Gasteiger partial charge < -0.3 is 24.8 Å². The van der Waals surface area contributed by atoms with Crippen LogP contribution in [0.3, 0.4) is 0 Å². The molecule has 0 aliphatic rings. The largest absolute Gasteiger partial charge is 0.467 e. The molecular formula is C15H20N2O6. The Balaban J connectivity index is 2.41. The van der Waals surface area contributed by atoms with Crippen LogP contribution < -0.4 is 5.32 Å². The Morgan fingerprint density at radius 3 is 2.48 bits per heavy atom. The number of aliphatic hydroxyl groups is 1. The summed E-state index contributed by atoms with van der Waals surface area (Å²) in [5.74, 6) is -1.39. The van der Waals surface area contributed by atoms with Crippen molar-refractivity contribution >= 4 is 18.0 Å². The Morgan fingerprint density at radius 1 is 1.26 bits per heavy atom. The molecule has 23 heavy (non-hydrogen) atoms. The lowest BCUT2D eigenvalue weighted by atomic mass is 10.2. The zero-order valence-corrected chi connectivity index (χ0v) is 13.0. The van der Waals surface area contributed by atoms with Gasteiger partial charge in [-0.25, -0.2) is 9.59 Å². The first-order chi connectivity index (χ1) is 11.0. The van der Waals surface area contributed by atoms with Crippen LogP contribution in [0.25, 0.3) is 0 Å². The summed E-state index contributed by atoms with van der Waals surface area (Å²) in [6, 6.07) is 7.94. The molecule has 1 aromatic rings. The second-order valence-corrected chi connectivity index (χ2v) is 4.72. The van der Waals surface area contributed by atoms with Crippen LogP contribution in [-0.2, 0) is 25.7 Å². The van der Waals surface area contributed by atoms with E-state index in [0.29, 0.717) is 0 Å². The highest BCUT2D eigenvalue weighted by atomic mass is 16.6. The van der Waals surface area contributed by atoms with Crippen LogP contribution in [0.4, 0.5) is 4.79 Å². The standard InChI is InChI=1S/C15H20N2O6/c1-17(8-13(19)16-12(9-18)14(20)22-2)15(21)23-10-11-6-4-3-5-7-11/h3-7,12,18H,8-10H2,1-2H3,(H,16,19)/t12-/m0/s1. The third-order valence-corrected chi connectivity index (χ3v) is 2.90. The average molecular weight is 324 g/mol. The van der Waals surface area contributed by atoms with E-state index in [0.717, 1.165) is 17.6 Å². The Morgan fingerprint density at radius 2 is 1.91 bits per heavy atom. The van der Waals surface area contributed by atoms with Crippen LogP contribution >= 0.6 is 0 Å². The fourth-order valence-electron chi connectivity index (χ4n) is 1.67. The molecule has 1 aromatic carbocycles. The number of ether oxygens (including phenoxy) is 2. The van der Waals surface area contributed by atoms with Crippen molar-refractivity contribution in [3.05, 3.63) is 35.9 Å². The van der Waals surface area contributed by atoms with E-state index < -0.39 is 30.6 Å². The molecule has 0 aliphatic heterocycles. The van der Waals surface area contributed by atoms with E-state index in [1.807, 2.05) is 30.3 Å². The van der Waals surface area contributed by atoms with Crippen molar-refractivity contribution in [2.45, 2.75) is 12.6 Å². The molecular weight excluding hydrogens is 304 g/mol. The number of rotatable bonds is 7. The number of nitrogens with one attached hydrogen (secondary N) is 1. The summed E-state index contributed by atoms with van der Waals surface area (Å²) >= 11 is 0. The maximum Gasteiger partial charge on any atom is 0.410 e. The summed E-state index contributed by atoms with van der Waals surface area (Å²) in [6.07, 6.45) is -0.678. The van der Waals surface area contributed by atoms with Crippen LogP contribution in [0.15, 0.2) is 30.3 Å². The minimum absolute atomic E-state index is 0.0903. The number of hydrogen-bond acceptors (Lipinski definition) is 6. The monoisotopic (exact) mass is 324 g/mol. The van der Waals surface area contributed by atoms with E-state index in [-0.39, 0.29) is 13.2 Å². The fraction of sp³-hybridized carbons (Fsp3) is 0.400. The van der Waals surface area contributed by atoms with Crippen molar-refractivity contribution in [1.29, 1.82) is 0 Å². The molecule has 8 heteroatoms. The Hall–Kier alpha value is -2.61. The van der Waals surface area contributed by atoms with Gasteiger partial charge in [-0.05, 0) is 5.56 Å². The summed E-state index contributed by atoms with van der Waals surface area (Å²) in [6.45, 7) is -0.825. The highest BCUT2D eigenvalue weighted by molar-refractivity contribution is 5.87. The van der Waals surface area contributed by atoms with Gasteiger partial charge in [-0.3, -0.25) is 4.79 Å². The smallest absolute Gasteiger partial charge is 0.410 e.